The van der Waals surface area contributed by atoms with Crippen LogP contribution in [-0.2, 0) is 4.74 Å². The van der Waals surface area contributed by atoms with E-state index in [4.69, 9.17) is 11.6 Å². The minimum Gasteiger partial charge on any atom is -0.465 e. The Hall–Kier alpha value is -0.970. The van der Waals surface area contributed by atoms with Crippen LogP contribution in [0.5, 0.6) is 0 Å². The van der Waals surface area contributed by atoms with Gasteiger partial charge in [0.2, 0.25) is 0 Å². The number of carbonyl (C=O) groups is 1. The van der Waals surface area contributed by atoms with Gasteiger partial charge in [-0.1, -0.05) is 23.4 Å². The molecule has 0 saturated heterocycles. The predicted molar refractivity (Wildman–Crippen MR) is 81.1 cm³/mol. The fourth-order valence-electron chi connectivity index (χ4n) is 1.45. The fourth-order valence-corrected chi connectivity index (χ4v) is 2.96. The van der Waals surface area contributed by atoms with Crippen LogP contribution in [0, 0.1) is 0 Å². The molecule has 0 spiro atoms. The first-order chi connectivity index (χ1) is 9.10. The zero-order valence-electron chi connectivity index (χ0n) is 10.0. The average Bonchev–Trinajstić information content (AvgIpc) is 2.43. The highest BCUT2D eigenvalue weighted by molar-refractivity contribution is 9.10. The van der Waals surface area contributed by atoms with Gasteiger partial charge < -0.3 is 4.74 Å². The number of hydrogen-bond donors (Lipinski definition) is 0. The molecule has 2 nitrogen and oxygen atoms in total. The van der Waals surface area contributed by atoms with Gasteiger partial charge in [0.25, 0.3) is 0 Å². The van der Waals surface area contributed by atoms with Crippen molar-refractivity contribution in [1.82, 2.24) is 0 Å². The number of rotatable bonds is 3. The van der Waals surface area contributed by atoms with Gasteiger partial charge >= 0.3 is 5.97 Å². The van der Waals surface area contributed by atoms with Crippen molar-refractivity contribution < 1.29 is 9.53 Å². The maximum absolute atomic E-state index is 11.3. The van der Waals surface area contributed by atoms with E-state index in [0.717, 1.165) is 14.3 Å². The molecule has 0 amide bonds. The third-order valence-corrected chi connectivity index (χ3v) is 4.61. The van der Waals surface area contributed by atoms with Gasteiger partial charge in [-0.15, -0.1) is 0 Å². The van der Waals surface area contributed by atoms with E-state index in [1.54, 1.807) is 23.9 Å². The number of halogens is 2. The molecular formula is C14H10BrClO2S. The largest absolute Gasteiger partial charge is 0.465 e. The second-order valence-corrected chi connectivity index (χ2v) is 6.10. The highest BCUT2D eigenvalue weighted by atomic mass is 79.9. The Labute approximate surface area is 129 Å². The van der Waals surface area contributed by atoms with Crippen LogP contribution in [0.1, 0.15) is 10.4 Å². The molecule has 2 rings (SSSR count). The second kappa shape index (κ2) is 6.46. The van der Waals surface area contributed by atoms with Crippen LogP contribution < -0.4 is 0 Å². The van der Waals surface area contributed by atoms with E-state index in [0.29, 0.717) is 10.6 Å². The van der Waals surface area contributed by atoms with Gasteiger partial charge in [-0.3, -0.25) is 0 Å². The molecule has 0 aliphatic heterocycles. The summed E-state index contributed by atoms with van der Waals surface area (Å²) in [5.74, 6) is -0.328. The second-order valence-electron chi connectivity index (χ2n) is 3.69. The molecule has 2 aromatic carbocycles. The minimum atomic E-state index is -0.328. The molecule has 0 saturated carbocycles. The lowest BCUT2D eigenvalue weighted by Gasteiger charge is -2.04. The molecule has 0 fully saturated rings. The number of hydrogen-bond acceptors (Lipinski definition) is 3. The Balaban J connectivity index is 2.15. The average molecular weight is 358 g/mol. The lowest BCUT2D eigenvalue weighted by molar-refractivity contribution is 0.0600. The van der Waals surface area contributed by atoms with Crippen molar-refractivity contribution in [1.29, 1.82) is 0 Å². The number of benzene rings is 2. The standard InChI is InChI=1S/C14H10BrClO2S/c1-18-14(17)9-2-4-10(5-3-9)19-11-6-7-13(16)12(15)8-11/h2-8H,1H3. The molecule has 0 radical (unpaired) electrons. The summed E-state index contributed by atoms with van der Waals surface area (Å²) in [5, 5.41) is 0.686. The maximum Gasteiger partial charge on any atom is 0.337 e. The van der Waals surface area contributed by atoms with Crippen molar-refractivity contribution in [3.63, 3.8) is 0 Å². The van der Waals surface area contributed by atoms with Gasteiger partial charge in [-0.25, -0.2) is 4.79 Å². The molecule has 98 valence electrons. The topological polar surface area (TPSA) is 26.3 Å². The Morgan fingerprint density at radius 2 is 1.79 bits per heavy atom. The van der Waals surface area contributed by atoms with Crippen molar-refractivity contribution in [3.05, 3.63) is 57.5 Å². The van der Waals surface area contributed by atoms with Crippen molar-refractivity contribution in [2.45, 2.75) is 9.79 Å². The molecule has 2 aromatic rings. The molecule has 0 unspecified atom stereocenters. The summed E-state index contributed by atoms with van der Waals surface area (Å²) in [4.78, 5) is 13.4. The van der Waals surface area contributed by atoms with Crippen LogP contribution in [0.3, 0.4) is 0 Å². The SMILES string of the molecule is COC(=O)c1ccc(Sc2ccc(Cl)c(Br)c2)cc1. The molecule has 0 aromatic heterocycles. The van der Waals surface area contributed by atoms with E-state index in [2.05, 4.69) is 20.7 Å². The van der Waals surface area contributed by atoms with E-state index >= 15 is 0 Å². The van der Waals surface area contributed by atoms with E-state index in [9.17, 15) is 4.79 Å². The molecule has 0 atom stereocenters. The predicted octanol–water partition coefficient (Wildman–Crippen LogP) is 5.04. The number of methoxy groups -OCH3 is 1. The third kappa shape index (κ3) is 3.75. The summed E-state index contributed by atoms with van der Waals surface area (Å²) in [6.45, 7) is 0. The van der Waals surface area contributed by atoms with Crippen LogP contribution in [0.4, 0.5) is 0 Å². The Morgan fingerprint density at radius 1 is 1.16 bits per heavy atom. The molecule has 19 heavy (non-hydrogen) atoms. The molecular weight excluding hydrogens is 348 g/mol. The normalized spacial score (nSPS) is 10.3. The van der Waals surface area contributed by atoms with Crippen molar-refractivity contribution in [2.24, 2.45) is 0 Å². The van der Waals surface area contributed by atoms with Gasteiger partial charge in [0.05, 0.1) is 17.7 Å². The third-order valence-electron chi connectivity index (χ3n) is 2.40. The lowest BCUT2D eigenvalue weighted by Crippen LogP contribution is -2.00. The molecule has 0 bridgehead atoms. The monoisotopic (exact) mass is 356 g/mol. The van der Waals surface area contributed by atoms with Crippen LogP contribution in [-0.4, -0.2) is 13.1 Å². The first-order valence-electron chi connectivity index (χ1n) is 5.41. The first-order valence-corrected chi connectivity index (χ1v) is 7.40. The summed E-state index contributed by atoms with van der Waals surface area (Å²) in [6, 6.07) is 13.0. The molecule has 0 N–H and O–H groups in total. The molecule has 5 heteroatoms. The van der Waals surface area contributed by atoms with E-state index in [1.807, 2.05) is 30.3 Å². The van der Waals surface area contributed by atoms with E-state index in [1.165, 1.54) is 7.11 Å². The molecule has 0 aliphatic carbocycles. The van der Waals surface area contributed by atoms with Gasteiger partial charge in [0.1, 0.15) is 0 Å². The number of carbonyl (C=O) groups excluding carboxylic acids is 1. The van der Waals surface area contributed by atoms with Gasteiger partial charge in [-0.2, -0.15) is 0 Å². The summed E-state index contributed by atoms with van der Waals surface area (Å²) in [6.07, 6.45) is 0. The molecule has 0 heterocycles. The highest BCUT2D eigenvalue weighted by Crippen LogP contribution is 2.32. The van der Waals surface area contributed by atoms with Crippen molar-refractivity contribution in [3.8, 4) is 0 Å². The molecule has 0 aliphatic rings. The van der Waals surface area contributed by atoms with Crippen LogP contribution in [0.2, 0.25) is 5.02 Å². The fraction of sp³-hybridized carbons (Fsp3) is 0.0714. The van der Waals surface area contributed by atoms with Gasteiger partial charge in [0.15, 0.2) is 0 Å². The summed E-state index contributed by atoms with van der Waals surface area (Å²) in [5.41, 5.74) is 0.545. The lowest BCUT2D eigenvalue weighted by atomic mass is 10.2. The maximum atomic E-state index is 11.3. The van der Waals surface area contributed by atoms with Crippen molar-refractivity contribution in [2.75, 3.05) is 7.11 Å². The Bertz CT molecular complexity index is 599. The van der Waals surface area contributed by atoms with Crippen LogP contribution >= 0.6 is 39.3 Å². The van der Waals surface area contributed by atoms with E-state index in [-0.39, 0.29) is 5.97 Å². The summed E-state index contributed by atoms with van der Waals surface area (Å²) >= 11 is 10.9. The first kappa shape index (κ1) is 14.4. The van der Waals surface area contributed by atoms with E-state index < -0.39 is 0 Å². The van der Waals surface area contributed by atoms with Crippen molar-refractivity contribution >= 4 is 45.3 Å². The smallest absolute Gasteiger partial charge is 0.337 e. The van der Waals surface area contributed by atoms with Crippen LogP contribution in [0.15, 0.2) is 56.7 Å². The van der Waals surface area contributed by atoms with Crippen LogP contribution in [0.25, 0.3) is 0 Å². The Kier molecular flexibility index (Phi) is 4.91. The zero-order chi connectivity index (χ0) is 13.8. The highest BCUT2D eigenvalue weighted by Gasteiger charge is 2.05. The minimum absolute atomic E-state index is 0.328. The summed E-state index contributed by atoms with van der Waals surface area (Å²) < 4.78 is 5.52. The number of esters is 1. The summed E-state index contributed by atoms with van der Waals surface area (Å²) in [7, 11) is 1.37. The van der Waals surface area contributed by atoms with Gasteiger partial charge in [-0.05, 0) is 58.4 Å². The zero-order valence-corrected chi connectivity index (χ0v) is 13.2. The quantitative estimate of drug-likeness (QED) is 0.720. The number of ether oxygens (including phenoxy) is 1. The van der Waals surface area contributed by atoms with Gasteiger partial charge in [0, 0.05) is 14.3 Å². The Morgan fingerprint density at radius 3 is 2.37 bits per heavy atom.